The highest BCUT2D eigenvalue weighted by molar-refractivity contribution is 7.86. The molecule has 0 radical (unpaired) electrons. The maximum atomic E-state index is 13.3. The smallest absolute Gasteiger partial charge is 0.335 e. The van der Waals surface area contributed by atoms with E-state index < -0.39 is 43.2 Å². The minimum atomic E-state index is -4.89. The van der Waals surface area contributed by atoms with Gasteiger partial charge in [0.1, 0.15) is 21.1 Å². The Hall–Kier alpha value is -8.36. The number of aromatic carboxylic acids is 1. The van der Waals surface area contributed by atoms with Crippen LogP contribution in [0.3, 0.4) is 0 Å². The number of fused-ring (bicyclic) bond motifs is 2. The molecule has 17 nitrogen and oxygen atoms in total. The number of anilines is 6. The van der Waals surface area contributed by atoms with E-state index in [0.717, 1.165) is 16.7 Å². The van der Waals surface area contributed by atoms with Crippen molar-refractivity contribution in [2.45, 2.75) is 51.3 Å². The van der Waals surface area contributed by atoms with Crippen molar-refractivity contribution < 1.29 is 49.8 Å². The lowest BCUT2D eigenvalue weighted by atomic mass is 9.93. The normalized spacial score (nSPS) is 11.9. The summed E-state index contributed by atoms with van der Waals surface area (Å²) >= 11 is 0. The Morgan fingerprint density at radius 1 is 0.549 bits per heavy atom. The number of nitrogens with zero attached hydrogens (tertiary/aromatic N) is 1. The van der Waals surface area contributed by atoms with E-state index in [-0.39, 0.29) is 60.9 Å². The van der Waals surface area contributed by atoms with Crippen molar-refractivity contribution in [3.8, 4) is 22.5 Å². The van der Waals surface area contributed by atoms with Crippen molar-refractivity contribution >= 4 is 89.0 Å². The molecule has 0 unspecified atom stereocenters. The third-order valence-electron chi connectivity index (χ3n) is 11.9. The lowest BCUT2D eigenvalue weighted by Crippen LogP contribution is -2.22. The summed E-state index contributed by atoms with van der Waals surface area (Å²) in [4.78, 5) is 41.8. The van der Waals surface area contributed by atoms with Gasteiger partial charge in [-0.2, -0.15) is 16.8 Å². The van der Waals surface area contributed by atoms with E-state index in [4.69, 9.17) is 9.41 Å². The Bertz CT molecular complexity index is 3760. The van der Waals surface area contributed by atoms with Crippen LogP contribution in [-0.4, -0.2) is 49.1 Å². The van der Waals surface area contributed by atoms with E-state index in [9.17, 15) is 45.4 Å². The number of carbonyl (C=O) groups is 3. The molecular weight excluding hydrogens is 949 g/mol. The molecule has 0 saturated carbocycles. The fourth-order valence-corrected chi connectivity index (χ4v) is 10.4. The lowest BCUT2D eigenvalue weighted by molar-refractivity contribution is 0.0696. The van der Waals surface area contributed by atoms with Gasteiger partial charge in [0.15, 0.2) is 0 Å². The van der Waals surface area contributed by atoms with Crippen LogP contribution in [0.5, 0.6) is 0 Å². The SMILES string of the molecule is Cc1cc(C)c(Nc2ccc3c(-c4ccccc4S(=O)(=O)O)c4cc/c(=N\c5c(C)c(NC(=O)Nc6ccc(C(=O)O)cc6)c(C)c(S(=O)(=O)O)c5C)cc-4oc3c2)c(C)c1NC(=O)Nc1ccccc1. The van der Waals surface area contributed by atoms with Crippen LogP contribution in [0.1, 0.15) is 43.7 Å². The maximum absolute atomic E-state index is 13.3. The first-order valence-electron chi connectivity index (χ1n) is 21.7. The largest absolute Gasteiger partial charge is 0.478 e. The van der Waals surface area contributed by atoms with Gasteiger partial charge in [-0.25, -0.2) is 19.4 Å². The Morgan fingerprint density at radius 3 is 1.80 bits per heavy atom. The molecule has 0 spiro atoms. The predicted octanol–water partition coefficient (Wildman–Crippen LogP) is 11.5. The molecule has 19 heteroatoms. The van der Waals surface area contributed by atoms with Gasteiger partial charge in [-0.15, -0.1) is 0 Å². The van der Waals surface area contributed by atoms with Crippen molar-refractivity contribution in [2.24, 2.45) is 4.99 Å². The average molecular weight is 995 g/mol. The molecule has 4 amide bonds. The summed E-state index contributed by atoms with van der Waals surface area (Å²) in [5, 5.41) is 24.5. The van der Waals surface area contributed by atoms with Crippen molar-refractivity contribution in [1.82, 2.24) is 0 Å². The third kappa shape index (κ3) is 10.2. The molecule has 2 aliphatic rings. The van der Waals surface area contributed by atoms with E-state index in [1.807, 2.05) is 45.0 Å². The highest BCUT2D eigenvalue weighted by Crippen LogP contribution is 2.44. The number of urea groups is 2. The number of para-hydroxylation sites is 1. The lowest BCUT2D eigenvalue weighted by Gasteiger charge is -2.21. The van der Waals surface area contributed by atoms with Gasteiger partial charge in [0, 0.05) is 57.0 Å². The van der Waals surface area contributed by atoms with Crippen LogP contribution in [-0.2, 0) is 20.2 Å². The predicted molar refractivity (Wildman–Crippen MR) is 273 cm³/mol. The molecule has 1 heterocycles. The van der Waals surface area contributed by atoms with Crippen LogP contribution in [0.15, 0.2) is 141 Å². The highest BCUT2D eigenvalue weighted by Gasteiger charge is 2.27. The van der Waals surface area contributed by atoms with Crippen LogP contribution in [0, 0.1) is 41.5 Å². The van der Waals surface area contributed by atoms with Crippen LogP contribution in [0.4, 0.5) is 49.4 Å². The summed E-state index contributed by atoms with van der Waals surface area (Å²) < 4.78 is 79.1. The van der Waals surface area contributed by atoms with E-state index >= 15 is 0 Å². The first-order valence-corrected chi connectivity index (χ1v) is 24.6. The number of aryl methyl sites for hydroxylation is 2. The summed E-state index contributed by atoms with van der Waals surface area (Å²) in [6.07, 6.45) is 0. The Morgan fingerprint density at radius 2 is 1.15 bits per heavy atom. The summed E-state index contributed by atoms with van der Waals surface area (Å²) in [7, 11) is -9.64. The number of nitrogens with one attached hydrogen (secondary N) is 5. The molecule has 362 valence electrons. The summed E-state index contributed by atoms with van der Waals surface area (Å²) in [6, 6.07) is 31.2. The second-order valence-electron chi connectivity index (χ2n) is 16.8. The zero-order valence-corrected chi connectivity index (χ0v) is 40.6. The Balaban J connectivity index is 1.25. The summed E-state index contributed by atoms with van der Waals surface area (Å²) in [5.74, 6) is -0.946. The molecule has 71 heavy (non-hydrogen) atoms. The number of amides is 4. The molecule has 1 aliphatic heterocycles. The zero-order chi connectivity index (χ0) is 51.1. The monoisotopic (exact) mass is 994 g/mol. The van der Waals surface area contributed by atoms with Crippen molar-refractivity contribution in [2.75, 3.05) is 26.6 Å². The topological polar surface area (TPSA) is 266 Å². The van der Waals surface area contributed by atoms with Gasteiger partial charge in [0.2, 0.25) is 0 Å². The van der Waals surface area contributed by atoms with Gasteiger partial charge in [-0.3, -0.25) is 9.11 Å². The number of carboxylic acid groups (broad SMARTS) is 1. The van der Waals surface area contributed by atoms with Gasteiger partial charge >= 0.3 is 18.0 Å². The van der Waals surface area contributed by atoms with Crippen LogP contribution >= 0.6 is 0 Å². The van der Waals surface area contributed by atoms with Crippen LogP contribution in [0.25, 0.3) is 33.4 Å². The molecule has 0 saturated heterocycles. The maximum Gasteiger partial charge on any atom is 0.335 e. The second kappa shape index (κ2) is 19.2. The van der Waals surface area contributed by atoms with E-state index in [1.165, 1.54) is 50.2 Å². The van der Waals surface area contributed by atoms with E-state index in [2.05, 4.69) is 26.6 Å². The fourth-order valence-electron chi connectivity index (χ4n) is 8.75. The minimum absolute atomic E-state index is 0.000112. The van der Waals surface area contributed by atoms with Crippen LogP contribution in [0.2, 0.25) is 0 Å². The number of carbonyl (C=O) groups excluding carboxylic acids is 2. The number of benzene rings is 7. The van der Waals surface area contributed by atoms with Crippen LogP contribution < -0.4 is 31.9 Å². The number of hydrogen-bond donors (Lipinski definition) is 8. The summed E-state index contributed by atoms with van der Waals surface area (Å²) in [6.45, 7) is 10.2. The van der Waals surface area contributed by atoms with E-state index in [0.29, 0.717) is 44.8 Å². The van der Waals surface area contributed by atoms with E-state index in [1.54, 1.807) is 67.6 Å². The molecule has 8 N–H and O–H groups in total. The molecule has 8 rings (SSSR count). The van der Waals surface area contributed by atoms with Gasteiger partial charge < -0.3 is 36.1 Å². The Labute approximate surface area is 408 Å². The molecular formula is C52H46N6O11S2. The molecule has 0 aromatic heterocycles. The van der Waals surface area contributed by atoms with Crippen molar-refractivity contribution in [3.63, 3.8) is 0 Å². The number of rotatable bonds is 11. The van der Waals surface area contributed by atoms with Crippen molar-refractivity contribution in [3.05, 3.63) is 166 Å². The molecule has 0 bridgehead atoms. The Kier molecular flexibility index (Phi) is 13.3. The molecule has 6 aromatic rings. The first kappa shape index (κ1) is 49.1. The first-order chi connectivity index (χ1) is 33.6. The van der Waals surface area contributed by atoms with Gasteiger partial charge in [-0.1, -0.05) is 42.5 Å². The van der Waals surface area contributed by atoms with Gasteiger partial charge in [0.05, 0.1) is 28.0 Å². The van der Waals surface area contributed by atoms with Gasteiger partial charge in [0.25, 0.3) is 20.2 Å². The quantitative estimate of drug-likeness (QED) is 0.0444. The minimum Gasteiger partial charge on any atom is -0.478 e. The highest BCUT2D eigenvalue weighted by atomic mass is 32.2. The second-order valence-corrected chi connectivity index (χ2v) is 19.5. The molecule has 1 aliphatic carbocycles. The number of carboxylic acids is 1. The molecule has 0 fully saturated rings. The molecule has 0 atom stereocenters. The number of hydrogen-bond acceptors (Lipinski definition) is 10. The summed E-state index contributed by atoms with van der Waals surface area (Å²) in [5.41, 5.74) is 7.04. The van der Waals surface area contributed by atoms with Gasteiger partial charge in [-0.05, 0) is 142 Å². The zero-order valence-electron chi connectivity index (χ0n) is 38.9. The average Bonchev–Trinajstić information content (AvgIpc) is 3.31. The molecule has 6 aromatic carbocycles. The van der Waals surface area contributed by atoms with Crippen molar-refractivity contribution in [1.29, 1.82) is 0 Å². The fraction of sp³-hybridized carbons (Fsp3) is 0.115. The standard InChI is InChI=1S/C52H46N6O11S2/c1-27-24-28(2)46(57-51(61)55-34-12-8-7-9-13-34)29(3)45(27)53-36-20-22-38-41(25-36)69-42-26-37(21-23-39(42)44(38)40-14-10-11-15-43(40)70(63,64)65)54-47-30(4)48(32(6)49(31(47)5)71(66,67)68)58-52(62)56-35-18-16-33(17-19-35)50(59)60/h7-26,53H,1-6H3,(H,59,60)(H2,55,57,61)(H2,56,58,62)(H,63,64,65)(H,66,67,68)/b54-37+. The third-order valence-corrected chi connectivity index (χ3v) is 14.0.